The number of piperidine rings is 1. The highest BCUT2D eigenvalue weighted by Gasteiger charge is 2.33. The number of piperazine rings is 1. The van der Waals surface area contributed by atoms with E-state index < -0.39 is 0 Å². The maximum Gasteiger partial charge on any atom is 0.237 e. The zero-order chi connectivity index (χ0) is 11.5. The van der Waals surface area contributed by atoms with Crippen molar-refractivity contribution in [2.24, 2.45) is 5.92 Å². The molecule has 2 aliphatic rings. The predicted octanol–water partition coefficient (Wildman–Crippen LogP) is -0.968. The van der Waals surface area contributed by atoms with Gasteiger partial charge in [-0.25, -0.2) is 0 Å². The quantitative estimate of drug-likeness (QED) is 0.565. The summed E-state index contributed by atoms with van der Waals surface area (Å²) in [6.45, 7) is 4.11. The van der Waals surface area contributed by atoms with Gasteiger partial charge in [-0.3, -0.25) is 9.59 Å². The summed E-state index contributed by atoms with van der Waals surface area (Å²) in [4.78, 5) is 23.6. The third-order valence-electron chi connectivity index (χ3n) is 3.38. The fourth-order valence-electron chi connectivity index (χ4n) is 2.29. The summed E-state index contributed by atoms with van der Waals surface area (Å²) in [5, 5.41) is 9.05. The van der Waals surface area contributed by atoms with E-state index in [2.05, 4.69) is 16.0 Å². The van der Waals surface area contributed by atoms with Crippen LogP contribution in [0.3, 0.4) is 0 Å². The standard InChI is InChI=1S/C11H19N3O2/c1-7-11(16)14-9(6-13-7)10(15)8-3-2-4-12-5-8/h7-9,12-13H,2-6H2,1H3,(H,14,16). The first-order chi connectivity index (χ1) is 7.68. The van der Waals surface area contributed by atoms with E-state index in [0.717, 1.165) is 25.9 Å². The first-order valence-electron chi connectivity index (χ1n) is 5.96. The third-order valence-corrected chi connectivity index (χ3v) is 3.38. The first-order valence-corrected chi connectivity index (χ1v) is 5.96. The predicted molar refractivity (Wildman–Crippen MR) is 60.0 cm³/mol. The molecule has 3 atom stereocenters. The molecule has 2 aliphatic heterocycles. The third kappa shape index (κ3) is 2.41. The van der Waals surface area contributed by atoms with Gasteiger partial charge in [0.05, 0.1) is 6.04 Å². The van der Waals surface area contributed by atoms with Gasteiger partial charge in [0.1, 0.15) is 6.04 Å². The van der Waals surface area contributed by atoms with Gasteiger partial charge in [-0.15, -0.1) is 0 Å². The Hall–Kier alpha value is -0.940. The topological polar surface area (TPSA) is 70.2 Å². The summed E-state index contributed by atoms with van der Waals surface area (Å²) in [5.74, 6) is 0.155. The van der Waals surface area contributed by atoms with Crippen LogP contribution in [0.4, 0.5) is 0 Å². The van der Waals surface area contributed by atoms with E-state index in [1.807, 2.05) is 0 Å². The molecule has 0 bridgehead atoms. The number of Topliss-reactive ketones (excluding diaryl/α,β-unsaturated/α-hetero) is 1. The van der Waals surface area contributed by atoms with Gasteiger partial charge >= 0.3 is 0 Å². The van der Waals surface area contributed by atoms with Crippen LogP contribution < -0.4 is 16.0 Å². The molecule has 2 fully saturated rings. The van der Waals surface area contributed by atoms with Crippen molar-refractivity contribution in [2.75, 3.05) is 19.6 Å². The fourth-order valence-corrected chi connectivity index (χ4v) is 2.29. The number of rotatable bonds is 2. The Morgan fingerprint density at radius 2 is 2.19 bits per heavy atom. The van der Waals surface area contributed by atoms with Crippen molar-refractivity contribution >= 4 is 11.7 Å². The van der Waals surface area contributed by atoms with E-state index >= 15 is 0 Å². The molecule has 90 valence electrons. The van der Waals surface area contributed by atoms with Crippen LogP contribution in [0.5, 0.6) is 0 Å². The van der Waals surface area contributed by atoms with Crippen LogP contribution in [-0.2, 0) is 9.59 Å². The molecule has 0 aromatic heterocycles. The zero-order valence-corrected chi connectivity index (χ0v) is 9.58. The van der Waals surface area contributed by atoms with E-state index in [0.29, 0.717) is 6.54 Å². The van der Waals surface area contributed by atoms with E-state index in [1.165, 1.54) is 0 Å². The Kier molecular flexibility index (Phi) is 3.56. The normalized spacial score (nSPS) is 35.6. The molecule has 2 saturated heterocycles. The lowest BCUT2D eigenvalue weighted by Gasteiger charge is -2.31. The molecule has 1 amide bonds. The highest BCUT2D eigenvalue weighted by Crippen LogP contribution is 2.13. The van der Waals surface area contributed by atoms with Crippen LogP contribution in [0.15, 0.2) is 0 Å². The maximum atomic E-state index is 12.1. The molecule has 0 spiro atoms. The molecule has 0 aromatic rings. The average Bonchev–Trinajstić information content (AvgIpc) is 2.33. The van der Waals surface area contributed by atoms with Crippen molar-refractivity contribution in [3.8, 4) is 0 Å². The number of ketones is 1. The van der Waals surface area contributed by atoms with Crippen molar-refractivity contribution in [2.45, 2.75) is 31.8 Å². The van der Waals surface area contributed by atoms with Crippen LogP contribution in [0.2, 0.25) is 0 Å². The number of hydrogen-bond donors (Lipinski definition) is 3. The van der Waals surface area contributed by atoms with Crippen molar-refractivity contribution in [3.05, 3.63) is 0 Å². The molecule has 16 heavy (non-hydrogen) atoms. The number of hydrogen-bond acceptors (Lipinski definition) is 4. The highest BCUT2D eigenvalue weighted by atomic mass is 16.2. The smallest absolute Gasteiger partial charge is 0.237 e. The summed E-state index contributed by atoms with van der Waals surface area (Å²) in [6.07, 6.45) is 1.98. The van der Waals surface area contributed by atoms with Crippen LogP contribution >= 0.6 is 0 Å². The van der Waals surface area contributed by atoms with Gasteiger partial charge in [-0.05, 0) is 26.3 Å². The summed E-state index contributed by atoms with van der Waals surface area (Å²) < 4.78 is 0. The molecule has 2 heterocycles. The van der Waals surface area contributed by atoms with Crippen molar-refractivity contribution in [1.29, 1.82) is 0 Å². The van der Waals surface area contributed by atoms with Crippen molar-refractivity contribution in [1.82, 2.24) is 16.0 Å². The van der Waals surface area contributed by atoms with Crippen LogP contribution in [0, 0.1) is 5.92 Å². The van der Waals surface area contributed by atoms with Gasteiger partial charge in [-0.2, -0.15) is 0 Å². The molecule has 5 nitrogen and oxygen atoms in total. The highest BCUT2D eigenvalue weighted by molar-refractivity contribution is 5.93. The number of amides is 1. The summed E-state index contributed by atoms with van der Waals surface area (Å²) in [5.41, 5.74) is 0. The molecule has 0 saturated carbocycles. The SMILES string of the molecule is CC1NCC(C(=O)C2CCCNC2)NC1=O. The maximum absolute atomic E-state index is 12.1. The zero-order valence-electron chi connectivity index (χ0n) is 9.58. The Morgan fingerprint density at radius 3 is 2.81 bits per heavy atom. The molecule has 3 N–H and O–H groups in total. The van der Waals surface area contributed by atoms with Gasteiger partial charge < -0.3 is 16.0 Å². The average molecular weight is 225 g/mol. The molecule has 0 radical (unpaired) electrons. The summed E-state index contributed by atoms with van der Waals surface area (Å²) in [6, 6.07) is -0.526. The minimum atomic E-state index is -0.339. The second-order valence-electron chi connectivity index (χ2n) is 4.64. The minimum absolute atomic E-state index is 0.0641. The Morgan fingerprint density at radius 1 is 1.38 bits per heavy atom. The largest absolute Gasteiger partial charge is 0.344 e. The van der Waals surface area contributed by atoms with Gasteiger partial charge in [0, 0.05) is 19.0 Å². The van der Waals surface area contributed by atoms with E-state index in [1.54, 1.807) is 6.92 Å². The van der Waals surface area contributed by atoms with Crippen molar-refractivity contribution < 1.29 is 9.59 Å². The monoisotopic (exact) mass is 225 g/mol. The second-order valence-corrected chi connectivity index (χ2v) is 4.64. The number of carbonyl (C=O) groups is 2. The Balaban J connectivity index is 1.91. The van der Waals surface area contributed by atoms with Gasteiger partial charge in [0.15, 0.2) is 5.78 Å². The lowest BCUT2D eigenvalue weighted by atomic mass is 9.90. The van der Waals surface area contributed by atoms with E-state index in [-0.39, 0.29) is 29.7 Å². The molecular formula is C11H19N3O2. The molecule has 3 unspecified atom stereocenters. The number of nitrogens with one attached hydrogen (secondary N) is 3. The van der Waals surface area contributed by atoms with Gasteiger partial charge in [0.25, 0.3) is 0 Å². The van der Waals surface area contributed by atoms with E-state index in [9.17, 15) is 9.59 Å². The molecule has 2 rings (SSSR count). The molecular weight excluding hydrogens is 206 g/mol. The van der Waals surface area contributed by atoms with Gasteiger partial charge in [-0.1, -0.05) is 0 Å². The van der Waals surface area contributed by atoms with E-state index in [4.69, 9.17) is 0 Å². The lowest BCUT2D eigenvalue weighted by Crippen LogP contribution is -2.61. The second kappa shape index (κ2) is 4.93. The molecule has 0 aromatic carbocycles. The van der Waals surface area contributed by atoms with Crippen LogP contribution in [0.1, 0.15) is 19.8 Å². The Bertz CT molecular complexity index is 287. The van der Waals surface area contributed by atoms with Crippen LogP contribution in [-0.4, -0.2) is 43.4 Å². The first kappa shape index (κ1) is 11.5. The summed E-state index contributed by atoms with van der Waals surface area (Å²) >= 11 is 0. The molecule has 5 heteroatoms. The van der Waals surface area contributed by atoms with Crippen molar-refractivity contribution in [3.63, 3.8) is 0 Å². The fraction of sp³-hybridized carbons (Fsp3) is 0.818. The molecule has 0 aliphatic carbocycles. The summed E-state index contributed by atoms with van der Waals surface area (Å²) in [7, 11) is 0. The lowest BCUT2D eigenvalue weighted by molar-refractivity contribution is -0.133. The van der Waals surface area contributed by atoms with Gasteiger partial charge in [0.2, 0.25) is 5.91 Å². The van der Waals surface area contributed by atoms with Crippen LogP contribution in [0.25, 0.3) is 0 Å². The minimum Gasteiger partial charge on any atom is -0.344 e. The Labute approximate surface area is 95.3 Å². The number of carbonyl (C=O) groups excluding carboxylic acids is 2.